The number of aliphatic hydroxyl groups is 1. The molecular weight excluding hydrogens is 208 g/mol. The topological polar surface area (TPSA) is 61.8 Å². The van der Waals surface area contributed by atoms with Gasteiger partial charge >= 0.3 is 0 Å². The van der Waals surface area contributed by atoms with E-state index in [2.05, 4.69) is 5.32 Å². The Morgan fingerprint density at radius 1 is 1.62 bits per heavy atom. The first-order chi connectivity index (χ1) is 7.52. The van der Waals surface area contributed by atoms with E-state index in [-0.39, 0.29) is 11.9 Å². The Kier molecular flexibility index (Phi) is 4.70. The maximum Gasteiger partial charge on any atom is 0.237 e. The first-order valence-corrected chi connectivity index (χ1v) is 5.75. The van der Waals surface area contributed by atoms with Crippen molar-refractivity contribution < 1.29 is 14.6 Å². The molecule has 1 heterocycles. The van der Waals surface area contributed by atoms with Crippen LogP contribution >= 0.6 is 0 Å². The average Bonchev–Trinajstić information content (AvgIpc) is 2.24. The largest absolute Gasteiger partial charge is 0.387 e. The molecule has 1 fully saturated rings. The Balaban J connectivity index is 2.25. The Hall–Kier alpha value is -0.650. The highest BCUT2D eigenvalue weighted by molar-refractivity contribution is 5.81. The van der Waals surface area contributed by atoms with Gasteiger partial charge in [0, 0.05) is 26.7 Å². The highest BCUT2D eigenvalue weighted by Gasteiger charge is 2.42. The molecule has 94 valence electrons. The molecule has 0 radical (unpaired) electrons. The molecule has 1 rings (SSSR count). The minimum absolute atomic E-state index is 0.00444. The van der Waals surface area contributed by atoms with Gasteiger partial charge in [0.2, 0.25) is 5.91 Å². The van der Waals surface area contributed by atoms with E-state index in [1.807, 2.05) is 18.7 Å². The maximum atomic E-state index is 11.7. The third kappa shape index (κ3) is 3.17. The number of hydrogen-bond acceptors (Lipinski definition) is 4. The van der Waals surface area contributed by atoms with Crippen molar-refractivity contribution in [2.45, 2.75) is 31.9 Å². The zero-order chi connectivity index (χ0) is 12.2. The van der Waals surface area contributed by atoms with Crippen LogP contribution in [-0.2, 0) is 9.53 Å². The number of nitrogens with one attached hydrogen (secondary N) is 1. The molecule has 0 aromatic rings. The SMILES string of the molecule is CCC1(O)CN(C(C)C(=O)NCCOC)C1. The molecule has 2 N–H and O–H groups in total. The van der Waals surface area contributed by atoms with Crippen molar-refractivity contribution >= 4 is 5.91 Å². The van der Waals surface area contributed by atoms with E-state index in [1.54, 1.807) is 7.11 Å². The Labute approximate surface area is 96.8 Å². The standard InChI is InChI=1S/C11H22N2O3/c1-4-11(15)7-13(8-11)9(2)10(14)12-5-6-16-3/h9,15H,4-8H2,1-3H3,(H,12,14). The number of carbonyl (C=O) groups is 1. The molecular formula is C11H22N2O3. The first kappa shape index (κ1) is 13.4. The molecule has 16 heavy (non-hydrogen) atoms. The van der Waals surface area contributed by atoms with Gasteiger partial charge < -0.3 is 15.2 Å². The summed E-state index contributed by atoms with van der Waals surface area (Å²) in [7, 11) is 1.60. The molecule has 0 aromatic heterocycles. The van der Waals surface area contributed by atoms with Crippen LogP contribution in [0.5, 0.6) is 0 Å². The van der Waals surface area contributed by atoms with Crippen LogP contribution in [0.2, 0.25) is 0 Å². The van der Waals surface area contributed by atoms with E-state index in [0.29, 0.717) is 26.2 Å². The van der Waals surface area contributed by atoms with Crippen LogP contribution in [-0.4, -0.2) is 60.9 Å². The van der Waals surface area contributed by atoms with Crippen LogP contribution in [0.25, 0.3) is 0 Å². The highest BCUT2D eigenvalue weighted by atomic mass is 16.5. The third-order valence-electron chi connectivity index (χ3n) is 3.19. The fourth-order valence-corrected chi connectivity index (χ4v) is 1.80. The van der Waals surface area contributed by atoms with E-state index in [1.165, 1.54) is 0 Å². The Morgan fingerprint density at radius 2 is 2.25 bits per heavy atom. The van der Waals surface area contributed by atoms with Gasteiger partial charge in [0.05, 0.1) is 18.2 Å². The van der Waals surface area contributed by atoms with Crippen molar-refractivity contribution in [1.82, 2.24) is 10.2 Å². The minimum Gasteiger partial charge on any atom is -0.387 e. The summed E-state index contributed by atoms with van der Waals surface area (Å²) in [6.45, 7) is 6.05. The highest BCUT2D eigenvalue weighted by Crippen LogP contribution is 2.25. The third-order valence-corrected chi connectivity index (χ3v) is 3.19. The number of nitrogens with zero attached hydrogens (tertiary/aromatic N) is 1. The van der Waals surface area contributed by atoms with Crippen molar-refractivity contribution in [3.63, 3.8) is 0 Å². The van der Waals surface area contributed by atoms with Crippen LogP contribution in [0, 0.1) is 0 Å². The lowest BCUT2D eigenvalue weighted by atomic mass is 9.90. The Morgan fingerprint density at radius 3 is 2.75 bits per heavy atom. The van der Waals surface area contributed by atoms with Crippen molar-refractivity contribution in [3.8, 4) is 0 Å². The monoisotopic (exact) mass is 230 g/mol. The molecule has 0 aliphatic carbocycles. The number of β-amino-alcohol motifs (C(OH)–C–C–N with tert-alkyl or cyclic N) is 1. The van der Waals surface area contributed by atoms with Crippen LogP contribution in [0.1, 0.15) is 20.3 Å². The van der Waals surface area contributed by atoms with E-state index in [0.717, 1.165) is 6.42 Å². The molecule has 0 saturated carbocycles. The molecule has 1 aliphatic rings. The Bertz CT molecular complexity index is 239. The van der Waals surface area contributed by atoms with Crippen molar-refractivity contribution in [1.29, 1.82) is 0 Å². The molecule has 0 bridgehead atoms. The lowest BCUT2D eigenvalue weighted by molar-refractivity contribution is -0.142. The second-order valence-corrected chi connectivity index (χ2v) is 4.44. The molecule has 1 saturated heterocycles. The quantitative estimate of drug-likeness (QED) is 0.609. The van der Waals surface area contributed by atoms with E-state index in [4.69, 9.17) is 4.74 Å². The molecule has 5 nitrogen and oxygen atoms in total. The summed E-state index contributed by atoms with van der Waals surface area (Å²) in [5.41, 5.74) is -0.582. The van der Waals surface area contributed by atoms with Crippen LogP contribution in [0.3, 0.4) is 0 Å². The van der Waals surface area contributed by atoms with Gasteiger partial charge in [0.15, 0.2) is 0 Å². The number of amides is 1. The van der Waals surface area contributed by atoms with Crippen LogP contribution in [0.15, 0.2) is 0 Å². The predicted molar refractivity (Wildman–Crippen MR) is 61.2 cm³/mol. The first-order valence-electron chi connectivity index (χ1n) is 5.75. The fraction of sp³-hybridized carbons (Fsp3) is 0.909. The van der Waals surface area contributed by atoms with Gasteiger partial charge in [0.25, 0.3) is 0 Å². The van der Waals surface area contributed by atoms with Gasteiger partial charge in [-0.1, -0.05) is 6.92 Å². The minimum atomic E-state index is -0.582. The summed E-state index contributed by atoms with van der Waals surface area (Å²) in [4.78, 5) is 13.6. The molecule has 1 amide bonds. The van der Waals surface area contributed by atoms with Gasteiger partial charge in [-0.05, 0) is 13.3 Å². The second-order valence-electron chi connectivity index (χ2n) is 4.44. The number of likely N-dealkylation sites (tertiary alicyclic amines) is 1. The lowest BCUT2D eigenvalue weighted by Gasteiger charge is -2.48. The van der Waals surface area contributed by atoms with E-state index in [9.17, 15) is 9.90 Å². The number of hydrogen-bond donors (Lipinski definition) is 2. The molecule has 1 atom stereocenters. The summed E-state index contributed by atoms with van der Waals surface area (Å²) in [5.74, 6) is -0.00444. The van der Waals surface area contributed by atoms with Gasteiger partial charge in [-0.15, -0.1) is 0 Å². The van der Waals surface area contributed by atoms with Gasteiger partial charge in [-0.2, -0.15) is 0 Å². The number of rotatable bonds is 6. The molecule has 0 spiro atoms. The van der Waals surface area contributed by atoms with E-state index >= 15 is 0 Å². The summed E-state index contributed by atoms with van der Waals surface area (Å²) >= 11 is 0. The molecule has 1 aliphatic heterocycles. The fourth-order valence-electron chi connectivity index (χ4n) is 1.80. The van der Waals surface area contributed by atoms with Crippen LogP contribution < -0.4 is 5.32 Å². The molecule has 0 aromatic carbocycles. The van der Waals surface area contributed by atoms with Crippen molar-refractivity contribution in [3.05, 3.63) is 0 Å². The van der Waals surface area contributed by atoms with Gasteiger partial charge in [-0.3, -0.25) is 9.69 Å². The number of carbonyl (C=O) groups excluding carboxylic acids is 1. The predicted octanol–water partition coefficient (Wildman–Crippen LogP) is -0.406. The van der Waals surface area contributed by atoms with E-state index < -0.39 is 5.60 Å². The van der Waals surface area contributed by atoms with Gasteiger partial charge in [-0.25, -0.2) is 0 Å². The average molecular weight is 230 g/mol. The molecule has 5 heteroatoms. The summed E-state index contributed by atoms with van der Waals surface area (Å²) in [6, 6.07) is -0.177. The van der Waals surface area contributed by atoms with Crippen molar-refractivity contribution in [2.24, 2.45) is 0 Å². The number of ether oxygens (including phenoxy) is 1. The zero-order valence-electron chi connectivity index (χ0n) is 10.3. The normalized spacial score (nSPS) is 21.2. The zero-order valence-corrected chi connectivity index (χ0v) is 10.3. The maximum absolute atomic E-state index is 11.7. The van der Waals surface area contributed by atoms with Crippen LogP contribution in [0.4, 0.5) is 0 Å². The summed E-state index contributed by atoms with van der Waals surface area (Å²) in [6.07, 6.45) is 0.738. The second kappa shape index (κ2) is 5.61. The number of methoxy groups -OCH3 is 1. The smallest absolute Gasteiger partial charge is 0.237 e. The molecule has 1 unspecified atom stereocenters. The van der Waals surface area contributed by atoms with Crippen molar-refractivity contribution in [2.75, 3.05) is 33.4 Å². The summed E-state index contributed by atoms with van der Waals surface area (Å²) < 4.78 is 4.85. The van der Waals surface area contributed by atoms with Gasteiger partial charge in [0.1, 0.15) is 0 Å². The summed E-state index contributed by atoms with van der Waals surface area (Å²) in [5, 5.41) is 12.6. The lowest BCUT2D eigenvalue weighted by Crippen LogP contribution is -2.66.